The van der Waals surface area contributed by atoms with E-state index in [1.165, 1.54) is 0 Å². The first-order valence-corrected chi connectivity index (χ1v) is 4.65. The van der Waals surface area contributed by atoms with Gasteiger partial charge in [-0.15, -0.1) is 0 Å². The fourth-order valence-electron chi connectivity index (χ4n) is 0.940. The second kappa shape index (κ2) is 3.69. The average Bonchev–Trinajstić information content (AvgIpc) is 1.96. The van der Waals surface area contributed by atoms with Crippen LogP contribution in [0, 0.1) is 13.8 Å². The Hall–Kier alpha value is -0.870. The lowest BCUT2D eigenvalue weighted by Crippen LogP contribution is -2.03. The van der Waals surface area contributed by atoms with Crippen molar-refractivity contribution in [3.8, 4) is 0 Å². The summed E-state index contributed by atoms with van der Waals surface area (Å²) in [6.45, 7) is 3.82. The standard InChI is InChI=1S/C8H11NO2S/c1-6-3-4-7(2)8(5-6)9-12(10)11/h3-5,9H,1-2H3,(H,10,11). The fourth-order valence-corrected chi connectivity index (χ4v) is 1.35. The minimum atomic E-state index is -1.99. The quantitative estimate of drug-likeness (QED) is 0.691. The molecule has 0 aromatic heterocycles. The molecule has 0 saturated heterocycles. The summed E-state index contributed by atoms with van der Waals surface area (Å²) in [4.78, 5) is 0. The third kappa shape index (κ3) is 2.32. The van der Waals surface area contributed by atoms with Gasteiger partial charge in [-0.05, 0) is 31.0 Å². The van der Waals surface area contributed by atoms with Gasteiger partial charge in [0.15, 0.2) is 0 Å². The van der Waals surface area contributed by atoms with E-state index in [0.29, 0.717) is 5.69 Å². The molecule has 1 rings (SSSR count). The maximum absolute atomic E-state index is 10.4. The molecule has 0 fully saturated rings. The molecule has 0 spiro atoms. The van der Waals surface area contributed by atoms with Gasteiger partial charge < -0.3 is 0 Å². The molecule has 0 bridgehead atoms. The second-order valence-corrected chi connectivity index (χ2v) is 3.37. The van der Waals surface area contributed by atoms with E-state index < -0.39 is 11.3 Å². The van der Waals surface area contributed by atoms with E-state index >= 15 is 0 Å². The van der Waals surface area contributed by atoms with Gasteiger partial charge >= 0.3 is 0 Å². The monoisotopic (exact) mass is 185 g/mol. The van der Waals surface area contributed by atoms with Crippen LogP contribution in [-0.4, -0.2) is 8.76 Å². The minimum absolute atomic E-state index is 0.704. The molecule has 3 nitrogen and oxygen atoms in total. The van der Waals surface area contributed by atoms with Gasteiger partial charge in [-0.2, -0.15) is 0 Å². The van der Waals surface area contributed by atoms with Crippen LogP contribution in [0.25, 0.3) is 0 Å². The van der Waals surface area contributed by atoms with Crippen molar-refractivity contribution < 1.29 is 8.76 Å². The summed E-state index contributed by atoms with van der Waals surface area (Å²) in [7, 11) is 0. The van der Waals surface area contributed by atoms with Crippen molar-refractivity contribution in [2.24, 2.45) is 0 Å². The molecule has 0 aliphatic rings. The predicted molar refractivity (Wildman–Crippen MR) is 50.3 cm³/mol. The molecule has 12 heavy (non-hydrogen) atoms. The van der Waals surface area contributed by atoms with Crippen molar-refractivity contribution >= 4 is 17.0 Å². The van der Waals surface area contributed by atoms with E-state index in [9.17, 15) is 4.21 Å². The van der Waals surface area contributed by atoms with Crippen molar-refractivity contribution in [1.29, 1.82) is 0 Å². The highest BCUT2D eigenvalue weighted by molar-refractivity contribution is 7.80. The van der Waals surface area contributed by atoms with Gasteiger partial charge in [0.25, 0.3) is 11.3 Å². The number of hydrogen-bond acceptors (Lipinski definition) is 1. The van der Waals surface area contributed by atoms with E-state index in [-0.39, 0.29) is 0 Å². The Morgan fingerprint density at radius 3 is 2.67 bits per heavy atom. The van der Waals surface area contributed by atoms with Crippen molar-refractivity contribution in [3.05, 3.63) is 29.3 Å². The summed E-state index contributed by atoms with van der Waals surface area (Å²) in [6, 6.07) is 5.70. The van der Waals surface area contributed by atoms with Crippen molar-refractivity contribution in [2.45, 2.75) is 13.8 Å². The molecule has 4 heteroatoms. The van der Waals surface area contributed by atoms with Gasteiger partial charge in [0.05, 0.1) is 5.69 Å². The zero-order valence-corrected chi connectivity index (χ0v) is 7.81. The Bertz CT molecular complexity index is 312. The zero-order chi connectivity index (χ0) is 9.14. The third-order valence-corrected chi connectivity index (χ3v) is 1.98. The summed E-state index contributed by atoms with van der Waals surface area (Å²) in [5, 5.41) is 0. The smallest absolute Gasteiger partial charge is 0.259 e. The molecule has 0 radical (unpaired) electrons. The first-order chi connectivity index (χ1) is 5.59. The van der Waals surface area contributed by atoms with Crippen LogP contribution >= 0.6 is 0 Å². The van der Waals surface area contributed by atoms with Gasteiger partial charge in [-0.25, -0.2) is 4.21 Å². The maximum Gasteiger partial charge on any atom is 0.259 e. The number of anilines is 1. The Labute approximate surface area is 74.2 Å². The van der Waals surface area contributed by atoms with Crippen LogP contribution in [0.3, 0.4) is 0 Å². The topological polar surface area (TPSA) is 49.3 Å². The van der Waals surface area contributed by atoms with Gasteiger partial charge in [-0.1, -0.05) is 12.1 Å². The van der Waals surface area contributed by atoms with E-state index in [0.717, 1.165) is 11.1 Å². The van der Waals surface area contributed by atoms with Gasteiger partial charge in [0, 0.05) is 0 Å². The Morgan fingerprint density at radius 1 is 1.42 bits per heavy atom. The highest BCUT2D eigenvalue weighted by Crippen LogP contribution is 2.16. The number of hydrogen-bond donors (Lipinski definition) is 2. The molecule has 1 aromatic rings. The molecular weight excluding hydrogens is 174 g/mol. The predicted octanol–water partition coefficient (Wildman–Crippen LogP) is 1.85. The third-order valence-electron chi connectivity index (χ3n) is 1.59. The minimum Gasteiger partial charge on any atom is -0.289 e. The molecular formula is C8H11NO2S. The van der Waals surface area contributed by atoms with E-state index in [1.54, 1.807) is 0 Å². The van der Waals surface area contributed by atoms with Crippen molar-refractivity contribution in [1.82, 2.24) is 0 Å². The Morgan fingerprint density at radius 2 is 2.08 bits per heavy atom. The summed E-state index contributed by atoms with van der Waals surface area (Å²) < 4.78 is 21.5. The van der Waals surface area contributed by atoms with Crippen LogP contribution in [-0.2, 0) is 11.3 Å². The largest absolute Gasteiger partial charge is 0.289 e. The van der Waals surface area contributed by atoms with Crippen molar-refractivity contribution in [3.63, 3.8) is 0 Å². The molecule has 0 amide bonds. The molecule has 1 aromatic carbocycles. The molecule has 0 saturated carbocycles. The molecule has 2 N–H and O–H groups in total. The lowest BCUT2D eigenvalue weighted by atomic mass is 10.1. The number of nitrogens with one attached hydrogen (secondary N) is 1. The van der Waals surface area contributed by atoms with Crippen molar-refractivity contribution in [2.75, 3.05) is 4.72 Å². The summed E-state index contributed by atoms with van der Waals surface area (Å²) in [6.07, 6.45) is 0. The molecule has 1 unspecified atom stereocenters. The summed E-state index contributed by atoms with van der Waals surface area (Å²) in [5.41, 5.74) is 2.73. The van der Waals surface area contributed by atoms with Crippen LogP contribution < -0.4 is 4.72 Å². The first kappa shape index (κ1) is 9.22. The van der Waals surface area contributed by atoms with Gasteiger partial charge in [0.1, 0.15) is 0 Å². The second-order valence-electron chi connectivity index (χ2n) is 2.67. The zero-order valence-electron chi connectivity index (χ0n) is 7.00. The van der Waals surface area contributed by atoms with E-state index in [4.69, 9.17) is 4.55 Å². The van der Waals surface area contributed by atoms with Crippen LogP contribution in [0.1, 0.15) is 11.1 Å². The molecule has 1 atom stereocenters. The Balaban J connectivity index is 2.97. The normalized spacial score (nSPS) is 12.6. The lowest BCUT2D eigenvalue weighted by molar-refractivity contribution is 0.570. The number of rotatable bonds is 2. The van der Waals surface area contributed by atoms with E-state index in [1.807, 2.05) is 32.0 Å². The average molecular weight is 185 g/mol. The van der Waals surface area contributed by atoms with Crippen LogP contribution in [0.5, 0.6) is 0 Å². The van der Waals surface area contributed by atoms with Crippen LogP contribution in [0.4, 0.5) is 5.69 Å². The maximum atomic E-state index is 10.4. The van der Waals surface area contributed by atoms with Crippen LogP contribution in [0.15, 0.2) is 18.2 Å². The van der Waals surface area contributed by atoms with E-state index in [2.05, 4.69) is 4.72 Å². The lowest BCUT2D eigenvalue weighted by Gasteiger charge is -2.05. The highest BCUT2D eigenvalue weighted by Gasteiger charge is 1.99. The molecule has 0 aliphatic heterocycles. The molecule has 0 heterocycles. The van der Waals surface area contributed by atoms with Crippen LogP contribution in [0.2, 0.25) is 0 Å². The summed E-state index contributed by atoms with van der Waals surface area (Å²) >= 11 is -1.99. The summed E-state index contributed by atoms with van der Waals surface area (Å²) in [5.74, 6) is 0. The SMILES string of the molecule is Cc1ccc(C)c(NS(=O)O)c1. The first-order valence-electron chi connectivity index (χ1n) is 3.54. The Kier molecular flexibility index (Phi) is 2.83. The number of aryl methyl sites for hydroxylation is 2. The van der Waals surface area contributed by atoms with Gasteiger partial charge in [-0.3, -0.25) is 9.27 Å². The molecule has 0 aliphatic carbocycles. The number of benzene rings is 1. The highest BCUT2D eigenvalue weighted by atomic mass is 32.2. The fraction of sp³-hybridized carbons (Fsp3) is 0.250. The van der Waals surface area contributed by atoms with Gasteiger partial charge in [0.2, 0.25) is 0 Å². The molecule has 66 valence electrons.